The lowest BCUT2D eigenvalue weighted by atomic mass is 9.86. The highest BCUT2D eigenvalue weighted by molar-refractivity contribution is 7.07. The van der Waals surface area contributed by atoms with Gasteiger partial charge in [0, 0.05) is 16.7 Å². The van der Waals surface area contributed by atoms with Crippen molar-refractivity contribution >= 4 is 17.0 Å². The van der Waals surface area contributed by atoms with Crippen LogP contribution in [0.1, 0.15) is 39.0 Å². The van der Waals surface area contributed by atoms with Crippen LogP contribution < -0.4 is 4.80 Å². The molecule has 4 heteroatoms. The maximum atomic E-state index is 4.99. The van der Waals surface area contributed by atoms with Crippen LogP contribution in [-0.4, -0.2) is 16.9 Å². The molecule has 3 nitrogen and oxygen atoms in total. The van der Waals surface area contributed by atoms with Gasteiger partial charge in [-0.05, 0) is 31.6 Å². The average Bonchev–Trinajstić information content (AvgIpc) is 3.04. The molecule has 1 heterocycles. The predicted octanol–water partition coefficient (Wildman–Crippen LogP) is 5.11. The largest absolute Gasteiger partial charge is 0.253 e. The van der Waals surface area contributed by atoms with Gasteiger partial charge in [-0.25, -0.2) is 4.68 Å². The number of thiazole rings is 1. The Balaban J connectivity index is 1.98. The van der Waals surface area contributed by atoms with Crippen LogP contribution in [0.4, 0.5) is 0 Å². The fourth-order valence-corrected chi connectivity index (χ4v) is 3.96. The quantitative estimate of drug-likeness (QED) is 0.678. The van der Waals surface area contributed by atoms with Crippen LogP contribution in [0, 0.1) is 5.92 Å². The fraction of sp³-hybridized carbons (Fsp3) is 0.400. The van der Waals surface area contributed by atoms with Gasteiger partial charge >= 0.3 is 0 Å². The van der Waals surface area contributed by atoms with Gasteiger partial charge < -0.3 is 0 Å². The minimum atomic E-state index is 0.623. The van der Waals surface area contributed by atoms with Crippen LogP contribution in [-0.2, 0) is 0 Å². The molecule has 126 valence electrons. The zero-order valence-electron chi connectivity index (χ0n) is 14.3. The highest BCUT2D eigenvalue weighted by atomic mass is 32.1. The lowest BCUT2D eigenvalue weighted by Gasteiger charge is -2.21. The minimum Gasteiger partial charge on any atom is -0.253 e. The molecular formula is C20H25N3S. The van der Waals surface area contributed by atoms with Crippen molar-refractivity contribution in [1.82, 2.24) is 4.68 Å². The van der Waals surface area contributed by atoms with E-state index >= 15 is 0 Å². The summed E-state index contributed by atoms with van der Waals surface area (Å²) in [5.74, 6) is 0.870. The molecule has 2 aromatic rings. The van der Waals surface area contributed by atoms with E-state index < -0.39 is 0 Å². The summed E-state index contributed by atoms with van der Waals surface area (Å²) >= 11 is 1.65. The van der Waals surface area contributed by atoms with Crippen molar-refractivity contribution in [2.45, 2.75) is 39.0 Å². The zero-order valence-corrected chi connectivity index (χ0v) is 15.1. The normalized spacial score (nSPS) is 18.6. The molecule has 1 fully saturated rings. The summed E-state index contributed by atoms with van der Waals surface area (Å²) in [6.07, 6.45) is 7.85. The molecule has 0 N–H and O–H groups in total. The molecule has 1 saturated carbocycles. The molecule has 1 aromatic heterocycles. The highest BCUT2D eigenvalue weighted by Crippen LogP contribution is 2.26. The van der Waals surface area contributed by atoms with Crippen LogP contribution in [0.25, 0.3) is 11.3 Å². The second-order valence-corrected chi connectivity index (χ2v) is 7.07. The van der Waals surface area contributed by atoms with E-state index in [2.05, 4.69) is 48.1 Å². The van der Waals surface area contributed by atoms with Crippen LogP contribution in [0.15, 0.2) is 58.5 Å². The van der Waals surface area contributed by atoms with Crippen LogP contribution in [0.3, 0.4) is 0 Å². The van der Waals surface area contributed by atoms with Crippen molar-refractivity contribution in [3.05, 3.63) is 53.2 Å². The van der Waals surface area contributed by atoms with Crippen LogP contribution >= 0.6 is 11.3 Å². The summed E-state index contributed by atoms with van der Waals surface area (Å²) in [5.41, 5.74) is 3.60. The lowest BCUT2D eigenvalue weighted by Crippen LogP contribution is -2.19. The molecule has 3 rings (SSSR count). The molecular weight excluding hydrogens is 314 g/mol. The van der Waals surface area contributed by atoms with Gasteiger partial charge in [0.2, 0.25) is 4.80 Å². The molecule has 0 radical (unpaired) electrons. The zero-order chi connectivity index (χ0) is 16.8. The molecule has 1 aromatic carbocycles. The Hall–Kier alpha value is -1.94. The molecule has 24 heavy (non-hydrogen) atoms. The Morgan fingerprint density at radius 2 is 2.00 bits per heavy atom. The van der Waals surface area contributed by atoms with Crippen molar-refractivity contribution in [2.75, 3.05) is 6.54 Å². The predicted molar refractivity (Wildman–Crippen MR) is 103 cm³/mol. The first-order chi connectivity index (χ1) is 11.8. The minimum absolute atomic E-state index is 0.623. The Morgan fingerprint density at radius 3 is 2.67 bits per heavy atom. The molecule has 0 bridgehead atoms. The maximum Gasteiger partial charge on any atom is 0.206 e. The number of benzene rings is 1. The van der Waals surface area contributed by atoms with Gasteiger partial charge in [-0.1, -0.05) is 49.8 Å². The van der Waals surface area contributed by atoms with E-state index in [4.69, 9.17) is 5.10 Å². The SMILES string of the molecule is C=CCN=c1scc(-c2ccccc2)n1N=C1CCC(CC)CC1. The molecule has 0 atom stereocenters. The second-order valence-electron chi connectivity index (χ2n) is 6.23. The third kappa shape index (κ3) is 3.93. The summed E-state index contributed by atoms with van der Waals surface area (Å²) in [4.78, 5) is 5.57. The highest BCUT2D eigenvalue weighted by Gasteiger charge is 2.17. The standard InChI is InChI=1S/C20H25N3S/c1-3-14-21-20-23(22-18-12-10-16(4-2)11-13-18)19(15-24-20)17-8-6-5-7-9-17/h3,5-9,15-16H,1,4,10-14H2,2H3. The molecule has 0 unspecified atom stereocenters. The van der Waals surface area contributed by atoms with Gasteiger partial charge in [0.15, 0.2) is 0 Å². The number of nitrogens with zero attached hydrogens (tertiary/aromatic N) is 3. The summed E-state index contributed by atoms with van der Waals surface area (Å²) in [6.45, 7) is 6.68. The van der Waals surface area contributed by atoms with E-state index in [1.165, 1.54) is 30.5 Å². The van der Waals surface area contributed by atoms with Gasteiger partial charge in [-0.2, -0.15) is 5.10 Å². The van der Waals surface area contributed by atoms with E-state index in [0.29, 0.717) is 6.54 Å². The summed E-state index contributed by atoms with van der Waals surface area (Å²) in [5, 5.41) is 7.14. The third-order valence-electron chi connectivity index (χ3n) is 4.61. The van der Waals surface area contributed by atoms with Gasteiger partial charge in [0.1, 0.15) is 0 Å². The first-order valence-corrected chi connectivity index (χ1v) is 9.63. The Morgan fingerprint density at radius 1 is 1.25 bits per heavy atom. The van der Waals surface area contributed by atoms with E-state index in [9.17, 15) is 0 Å². The Kier molecular flexibility index (Phi) is 5.81. The Bertz CT molecular complexity index is 758. The molecule has 0 amide bonds. The first-order valence-electron chi connectivity index (χ1n) is 8.76. The topological polar surface area (TPSA) is 29.6 Å². The van der Waals surface area contributed by atoms with Crippen molar-refractivity contribution in [3.8, 4) is 11.3 Å². The average molecular weight is 340 g/mol. The van der Waals surface area contributed by atoms with Crippen molar-refractivity contribution in [1.29, 1.82) is 0 Å². The number of hydrogen-bond acceptors (Lipinski definition) is 3. The van der Waals surface area contributed by atoms with E-state index in [1.807, 2.05) is 16.8 Å². The van der Waals surface area contributed by atoms with Gasteiger partial charge in [-0.3, -0.25) is 4.99 Å². The van der Waals surface area contributed by atoms with Crippen LogP contribution in [0.5, 0.6) is 0 Å². The van der Waals surface area contributed by atoms with Gasteiger partial charge in [-0.15, -0.1) is 17.9 Å². The second kappa shape index (κ2) is 8.25. The van der Waals surface area contributed by atoms with E-state index in [-0.39, 0.29) is 0 Å². The maximum absolute atomic E-state index is 4.99. The van der Waals surface area contributed by atoms with Crippen LogP contribution in [0.2, 0.25) is 0 Å². The van der Waals surface area contributed by atoms with Crippen molar-refractivity contribution < 1.29 is 0 Å². The smallest absolute Gasteiger partial charge is 0.206 e. The number of aromatic nitrogens is 1. The first kappa shape index (κ1) is 16.9. The van der Waals surface area contributed by atoms with Gasteiger partial charge in [0.05, 0.1) is 12.2 Å². The molecule has 1 aliphatic rings. The molecule has 0 spiro atoms. The van der Waals surface area contributed by atoms with Crippen molar-refractivity contribution in [2.24, 2.45) is 16.0 Å². The van der Waals surface area contributed by atoms with E-state index in [0.717, 1.165) is 29.3 Å². The Labute approximate surface area is 148 Å². The van der Waals surface area contributed by atoms with Gasteiger partial charge in [0.25, 0.3) is 0 Å². The fourth-order valence-electron chi connectivity index (χ4n) is 3.11. The lowest BCUT2D eigenvalue weighted by molar-refractivity contribution is 0.428. The monoisotopic (exact) mass is 339 g/mol. The third-order valence-corrected chi connectivity index (χ3v) is 5.47. The molecule has 0 aliphatic heterocycles. The van der Waals surface area contributed by atoms with Crippen molar-refractivity contribution in [3.63, 3.8) is 0 Å². The molecule has 0 saturated heterocycles. The summed E-state index contributed by atoms with van der Waals surface area (Å²) in [6, 6.07) is 10.4. The van der Waals surface area contributed by atoms with E-state index in [1.54, 1.807) is 11.3 Å². The molecule has 1 aliphatic carbocycles. The number of rotatable bonds is 5. The summed E-state index contributed by atoms with van der Waals surface area (Å²) < 4.78 is 2.03. The summed E-state index contributed by atoms with van der Waals surface area (Å²) in [7, 11) is 0. The number of hydrogen-bond donors (Lipinski definition) is 0.